The van der Waals surface area contributed by atoms with Crippen LogP contribution in [0.25, 0.3) is 0 Å². The van der Waals surface area contributed by atoms with Crippen molar-refractivity contribution in [2.75, 3.05) is 36.6 Å². The van der Waals surface area contributed by atoms with Crippen LogP contribution in [0.3, 0.4) is 0 Å². The second-order valence-corrected chi connectivity index (χ2v) is 8.34. The van der Waals surface area contributed by atoms with E-state index in [9.17, 15) is 19.5 Å². The van der Waals surface area contributed by atoms with Crippen molar-refractivity contribution >= 4 is 29.2 Å². The average molecular weight is 445 g/mol. The van der Waals surface area contributed by atoms with E-state index < -0.39 is 17.4 Å². The van der Waals surface area contributed by atoms with Gasteiger partial charge in [0.15, 0.2) is 5.60 Å². The number of anilines is 2. The third-order valence-corrected chi connectivity index (χ3v) is 6.26. The summed E-state index contributed by atoms with van der Waals surface area (Å²) in [4.78, 5) is 40.3. The van der Waals surface area contributed by atoms with Crippen LogP contribution in [0.5, 0.6) is 0 Å². The van der Waals surface area contributed by atoms with Crippen LogP contribution in [0.1, 0.15) is 51.0 Å². The van der Waals surface area contributed by atoms with Crippen LogP contribution in [-0.2, 0) is 24.7 Å². The number of carbonyl (C=O) groups is 3. The summed E-state index contributed by atoms with van der Waals surface area (Å²) in [6.07, 6.45) is 6.62. The zero-order valence-electron chi connectivity index (χ0n) is 18.7. The summed E-state index contributed by atoms with van der Waals surface area (Å²) >= 11 is 0. The third-order valence-electron chi connectivity index (χ3n) is 6.26. The number of amides is 2. The first kappa shape index (κ1) is 23.9. The smallest absolute Gasteiger partial charge is 0.305 e. The van der Waals surface area contributed by atoms with Gasteiger partial charge in [-0.1, -0.05) is 19.1 Å². The fraction of sp³-hybridized carbons (Fsp3) is 0.542. The quantitative estimate of drug-likeness (QED) is 0.326. The summed E-state index contributed by atoms with van der Waals surface area (Å²) < 4.78 is 4.66. The number of methoxy groups -OCH3 is 1. The summed E-state index contributed by atoms with van der Waals surface area (Å²) in [7, 11) is 1.34. The van der Waals surface area contributed by atoms with Gasteiger partial charge < -0.3 is 24.7 Å². The Labute approximate surface area is 188 Å². The zero-order chi connectivity index (χ0) is 23.3. The van der Waals surface area contributed by atoms with Gasteiger partial charge in [-0.2, -0.15) is 0 Å². The van der Waals surface area contributed by atoms with E-state index in [2.05, 4.69) is 4.74 Å². The van der Waals surface area contributed by atoms with E-state index in [0.717, 1.165) is 6.42 Å². The Morgan fingerprint density at radius 3 is 2.75 bits per heavy atom. The fourth-order valence-electron chi connectivity index (χ4n) is 4.40. The van der Waals surface area contributed by atoms with Gasteiger partial charge in [-0.25, -0.2) is 0 Å². The molecule has 0 aliphatic carbocycles. The molecule has 0 radical (unpaired) electrons. The van der Waals surface area contributed by atoms with Crippen LogP contribution >= 0.6 is 0 Å². The van der Waals surface area contributed by atoms with Crippen molar-refractivity contribution in [1.82, 2.24) is 0 Å². The monoisotopic (exact) mass is 444 g/mol. The molecule has 2 N–H and O–H groups in total. The maximum absolute atomic E-state index is 13.5. The van der Waals surface area contributed by atoms with Crippen LogP contribution in [-0.4, -0.2) is 54.8 Å². The number of nitrogens with zero attached hydrogens (tertiary/aromatic N) is 2. The summed E-state index contributed by atoms with van der Waals surface area (Å²) in [6.45, 7) is 2.73. The number of aliphatic hydroxyl groups excluding tert-OH is 1. The predicted octanol–water partition coefficient (Wildman–Crippen LogP) is 2.27. The number of rotatable bonds is 10. The summed E-state index contributed by atoms with van der Waals surface area (Å²) in [5.41, 5.74) is 0.00124. The summed E-state index contributed by atoms with van der Waals surface area (Å²) in [5, 5.41) is 20.7. The van der Waals surface area contributed by atoms with Crippen molar-refractivity contribution in [3.05, 3.63) is 35.9 Å². The van der Waals surface area contributed by atoms with Gasteiger partial charge >= 0.3 is 5.97 Å². The molecule has 2 aliphatic heterocycles. The second-order valence-electron chi connectivity index (χ2n) is 8.34. The van der Waals surface area contributed by atoms with Crippen molar-refractivity contribution in [3.63, 3.8) is 0 Å². The number of benzene rings is 1. The molecule has 2 heterocycles. The number of aliphatic hydroxyl groups is 2. The highest BCUT2D eigenvalue weighted by Crippen LogP contribution is 2.47. The Hall–Kier alpha value is -2.71. The lowest BCUT2D eigenvalue weighted by atomic mass is 9.82. The highest BCUT2D eigenvalue weighted by molar-refractivity contribution is 6.08. The summed E-state index contributed by atoms with van der Waals surface area (Å²) in [5.74, 6) is -1.22. The molecule has 3 rings (SSSR count). The average Bonchev–Trinajstić information content (AvgIpc) is 3.31. The molecule has 174 valence electrons. The van der Waals surface area contributed by atoms with Gasteiger partial charge in [-0.15, -0.1) is 0 Å². The first-order valence-electron chi connectivity index (χ1n) is 11.2. The normalized spacial score (nSPS) is 21.5. The zero-order valence-corrected chi connectivity index (χ0v) is 18.7. The highest BCUT2D eigenvalue weighted by Gasteiger charge is 2.52. The molecule has 0 spiro atoms. The molecule has 0 bridgehead atoms. The van der Waals surface area contributed by atoms with Crippen molar-refractivity contribution in [1.29, 1.82) is 0 Å². The van der Waals surface area contributed by atoms with Crippen molar-refractivity contribution in [3.8, 4) is 0 Å². The predicted molar refractivity (Wildman–Crippen MR) is 120 cm³/mol. The van der Waals surface area contributed by atoms with Crippen LogP contribution in [0.15, 0.2) is 30.4 Å². The molecular weight excluding hydrogens is 412 g/mol. The van der Waals surface area contributed by atoms with E-state index in [1.165, 1.54) is 7.11 Å². The molecule has 8 nitrogen and oxygen atoms in total. The van der Waals surface area contributed by atoms with Gasteiger partial charge in [0.05, 0.1) is 12.8 Å². The molecule has 0 aromatic heterocycles. The van der Waals surface area contributed by atoms with Crippen molar-refractivity contribution in [2.45, 2.75) is 51.0 Å². The van der Waals surface area contributed by atoms with E-state index in [-0.39, 0.29) is 24.9 Å². The molecule has 1 aromatic carbocycles. The lowest BCUT2D eigenvalue weighted by Gasteiger charge is -2.28. The highest BCUT2D eigenvalue weighted by atomic mass is 16.5. The van der Waals surface area contributed by atoms with Crippen LogP contribution in [0, 0.1) is 5.92 Å². The van der Waals surface area contributed by atoms with Crippen LogP contribution < -0.4 is 9.80 Å². The van der Waals surface area contributed by atoms with Gasteiger partial charge in [0.25, 0.3) is 5.91 Å². The molecule has 1 saturated heterocycles. The Kier molecular flexibility index (Phi) is 7.69. The molecule has 0 unspecified atom stereocenters. The number of ether oxygens (including phenoxy) is 1. The first-order valence-corrected chi connectivity index (χ1v) is 11.2. The Morgan fingerprint density at radius 1 is 1.31 bits per heavy atom. The van der Waals surface area contributed by atoms with Gasteiger partial charge in [0, 0.05) is 49.7 Å². The molecule has 1 fully saturated rings. The standard InChI is InChI=1S/C24H32N2O6/c1-17(8-4-6-15-27)24(31)19-16-18(25-14-7-9-21(25)28)11-12-20(19)26(23(24)30)13-5-3-10-22(29)32-2/h4,8,11-12,16-17,27,31H,3,5-7,9-10,13-15H2,1-2H3/b8-4+/t17-,24+/m1/s1. The van der Waals surface area contributed by atoms with Gasteiger partial charge in [0.1, 0.15) is 0 Å². The molecule has 32 heavy (non-hydrogen) atoms. The maximum Gasteiger partial charge on any atom is 0.305 e. The minimum Gasteiger partial charge on any atom is -0.469 e. The largest absolute Gasteiger partial charge is 0.469 e. The van der Waals surface area contributed by atoms with Crippen molar-refractivity contribution in [2.24, 2.45) is 5.92 Å². The van der Waals surface area contributed by atoms with Crippen molar-refractivity contribution < 1.29 is 29.3 Å². The number of esters is 1. The number of hydrogen-bond donors (Lipinski definition) is 2. The van der Waals surface area contributed by atoms with Gasteiger partial charge in [-0.3, -0.25) is 14.4 Å². The molecule has 2 aliphatic rings. The Balaban J connectivity index is 1.91. The van der Waals surface area contributed by atoms with E-state index in [1.54, 1.807) is 41.0 Å². The van der Waals surface area contributed by atoms with E-state index >= 15 is 0 Å². The fourth-order valence-corrected chi connectivity index (χ4v) is 4.40. The topological polar surface area (TPSA) is 107 Å². The molecule has 1 aromatic rings. The summed E-state index contributed by atoms with van der Waals surface area (Å²) in [6, 6.07) is 5.35. The van der Waals surface area contributed by atoms with Gasteiger partial charge in [-0.05, 0) is 43.9 Å². The van der Waals surface area contributed by atoms with E-state index in [0.29, 0.717) is 55.7 Å². The molecule has 2 atom stereocenters. The number of unbranched alkanes of at least 4 members (excludes halogenated alkanes) is 1. The Morgan fingerprint density at radius 2 is 2.09 bits per heavy atom. The van der Waals surface area contributed by atoms with E-state index in [4.69, 9.17) is 5.11 Å². The lowest BCUT2D eigenvalue weighted by molar-refractivity contribution is -0.140. The van der Waals surface area contributed by atoms with Crippen LogP contribution in [0.2, 0.25) is 0 Å². The third kappa shape index (κ3) is 4.56. The molecular formula is C24H32N2O6. The Bertz CT molecular complexity index is 898. The second kappa shape index (κ2) is 10.3. The molecule has 0 saturated carbocycles. The molecule has 8 heteroatoms. The number of fused-ring (bicyclic) bond motifs is 1. The minimum absolute atomic E-state index is 0.0142. The maximum atomic E-state index is 13.5. The first-order chi connectivity index (χ1) is 15.3. The minimum atomic E-state index is -1.78. The SMILES string of the molecule is COC(=O)CCCCN1C(=O)[C@](O)([C@H](C)/C=C/CCO)c2cc(N3CCCC3=O)ccc21. The number of hydrogen-bond acceptors (Lipinski definition) is 6. The molecule has 2 amide bonds. The lowest BCUT2D eigenvalue weighted by Crippen LogP contribution is -2.44. The van der Waals surface area contributed by atoms with Gasteiger partial charge in [0.2, 0.25) is 5.91 Å². The van der Waals surface area contributed by atoms with Crippen LogP contribution in [0.4, 0.5) is 11.4 Å². The van der Waals surface area contributed by atoms with E-state index in [1.807, 2.05) is 6.07 Å². The number of carbonyl (C=O) groups excluding carboxylic acids is 3.